The Morgan fingerprint density at radius 3 is 2.20 bits per heavy atom. The number of anilines is 1. The summed E-state index contributed by atoms with van der Waals surface area (Å²) in [6.45, 7) is 1.54. The topological polar surface area (TPSA) is 86.8 Å². The van der Waals surface area contributed by atoms with Gasteiger partial charge in [-0.25, -0.2) is 12.8 Å². The molecule has 1 atom stereocenters. The van der Waals surface area contributed by atoms with Crippen LogP contribution in [-0.4, -0.2) is 50.0 Å². The van der Waals surface area contributed by atoms with Crippen LogP contribution >= 0.6 is 0 Å². The Morgan fingerprint density at radius 1 is 0.927 bits per heavy atom. The molecule has 2 amide bonds. The molecule has 0 saturated heterocycles. The lowest BCUT2D eigenvalue weighted by molar-refractivity contribution is -0.140. The van der Waals surface area contributed by atoms with E-state index in [0.717, 1.165) is 71.5 Å². The van der Waals surface area contributed by atoms with E-state index in [9.17, 15) is 22.4 Å². The Balaban J connectivity index is 1.72. The van der Waals surface area contributed by atoms with E-state index in [0.29, 0.717) is 0 Å². The number of nitrogens with one attached hydrogen (secondary N) is 1. The van der Waals surface area contributed by atoms with Crippen LogP contribution in [0.1, 0.15) is 48.8 Å². The third-order valence-electron chi connectivity index (χ3n) is 7.62. The van der Waals surface area contributed by atoms with Gasteiger partial charge >= 0.3 is 0 Å². The highest BCUT2D eigenvalue weighted by Gasteiger charge is 2.34. The Hall–Kier alpha value is -3.72. The number of nitrogens with zero attached hydrogens (tertiary/aromatic N) is 2. The maximum Gasteiger partial charge on any atom is 0.244 e. The van der Waals surface area contributed by atoms with Crippen LogP contribution in [0.4, 0.5) is 10.1 Å². The van der Waals surface area contributed by atoms with Crippen LogP contribution in [0.2, 0.25) is 0 Å². The van der Waals surface area contributed by atoms with Gasteiger partial charge in [0.1, 0.15) is 18.4 Å². The molecule has 0 bridgehead atoms. The highest BCUT2D eigenvalue weighted by Crippen LogP contribution is 2.23. The van der Waals surface area contributed by atoms with E-state index in [1.54, 1.807) is 0 Å². The molecule has 218 valence electrons. The van der Waals surface area contributed by atoms with Gasteiger partial charge < -0.3 is 10.2 Å². The summed E-state index contributed by atoms with van der Waals surface area (Å²) in [4.78, 5) is 29.6. The van der Waals surface area contributed by atoms with Crippen molar-refractivity contribution >= 4 is 27.5 Å². The normalized spacial score (nSPS) is 14.7. The number of benzene rings is 3. The van der Waals surface area contributed by atoms with Gasteiger partial charge in [0.25, 0.3) is 0 Å². The Kier molecular flexibility index (Phi) is 10.2. The van der Waals surface area contributed by atoms with Gasteiger partial charge in [0, 0.05) is 19.0 Å². The third kappa shape index (κ3) is 8.39. The molecule has 1 saturated carbocycles. The molecule has 3 aromatic rings. The van der Waals surface area contributed by atoms with Crippen LogP contribution in [0.25, 0.3) is 0 Å². The van der Waals surface area contributed by atoms with Crippen LogP contribution in [0, 0.1) is 12.7 Å². The molecule has 0 heterocycles. The van der Waals surface area contributed by atoms with Gasteiger partial charge in [-0.05, 0) is 60.7 Å². The molecule has 0 radical (unpaired) electrons. The van der Waals surface area contributed by atoms with E-state index in [1.165, 1.54) is 17.0 Å². The van der Waals surface area contributed by atoms with Gasteiger partial charge in [-0.1, -0.05) is 73.9 Å². The summed E-state index contributed by atoms with van der Waals surface area (Å²) >= 11 is 0. The standard InChI is InChI=1S/C32H38FN3O4S/c1-24-11-9-10-14-26(24)22-35(31(37)23-36(41(2,39)40)29-19-17-27(33)18-20-29)30(21-25-12-5-3-6-13-25)32(38)34-28-15-7-4-8-16-28/h3,5-6,9-14,17-20,28,30H,4,7-8,15-16,21-23H2,1-2H3,(H,34,38)/t30-/m0/s1. The zero-order valence-corrected chi connectivity index (χ0v) is 24.4. The summed E-state index contributed by atoms with van der Waals surface area (Å²) in [5.74, 6) is -1.30. The maximum absolute atomic E-state index is 14.2. The largest absolute Gasteiger partial charge is 0.352 e. The summed E-state index contributed by atoms with van der Waals surface area (Å²) in [6.07, 6.45) is 6.29. The highest BCUT2D eigenvalue weighted by molar-refractivity contribution is 7.92. The molecule has 1 aliphatic carbocycles. The number of carbonyl (C=O) groups excluding carboxylic acids is 2. The maximum atomic E-state index is 14.2. The molecule has 1 fully saturated rings. The van der Waals surface area contributed by atoms with E-state index >= 15 is 0 Å². The van der Waals surface area contributed by atoms with Crippen LogP contribution in [0.5, 0.6) is 0 Å². The van der Waals surface area contributed by atoms with Crippen molar-refractivity contribution in [3.8, 4) is 0 Å². The van der Waals surface area contributed by atoms with Crippen molar-refractivity contribution in [3.63, 3.8) is 0 Å². The van der Waals surface area contributed by atoms with Crippen molar-refractivity contribution in [2.45, 2.75) is 64.1 Å². The van der Waals surface area contributed by atoms with E-state index in [4.69, 9.17) is 0 Å². The van der Waals surface area contributed by atoms with Gasteiger partial charge in [-0.3, -0.25) is 13.9 Å². The number of rotatable bonds is 11. The number of carbonyl (C=O) groups is 2. The minimum atomic E-state index is -3.91. The average Bonchev–Trinajstić information content (AvgIpc) is 2.95. The van der Waals surface area contributed by atoms with Crippen molar-refractivity contribution < 1.29 is 22.4 Å². The molecule has 1 aliphatic rings. The predicted molar refractivity (Wildman–Crippen MR) is 159 cm³/mol. The fourth-order valence-corrected chi connectivity index (χ4v) is 6.14. The first-order valence-corrected chi connectivity index (χ1v) is 15.9. The molecule has 9 heteroatoms. The smallest absolute Gasteiger partial charge is 0.244 e. The van der Waals surface area contributed by atoms with Gasteiger partial charge in [0.2, 0.25) is 21.8 Å². The van der Waals surface area contributed by atoms with Crippen LogP contribution < -0.4 is 9.62 Å². The minimum absolute atomic E-state index is 0.0386. The van der Waals surface area contributed by atoms with Crippen molar-refractivity contribution in [2.24, 2.45) is 0 Å². The fraction of sp³-hybridized carbons (Fsp3) is 0.375. The van der Waals surface area contributed by atoms with Crippen molar-refractivity contribution in [3.05, 3.63) is 101 Å². The van der Waals surface area contributed by atoms with E-state index < -0.39 is 34.3 Å². The SMILES string of the molecule is Cc1ccccc1CN(C(=O)CN(c1ccc(F)cc1)S(C)(=O)=O)[C@@H](Cc1ccccc1)C(=O)NC1CCCCC1. The number of aryl methyl sites for hydroxylation is 1. The van der Waals surface area contributed by atoms with Crippen LogP contribution in [-0.2, 0) is 32.6 Å². The van der Waals surface area contributed by atoms with Crippen molar-refractivity contribution in [1.82, 2.24) is 10.2 Å². The predicted octanol–water partition coefficient (Wildman–Crippen LogP) is 4.99. The van der Waals surface area contributed by atoms with Gasteiger partial charge in [0.15, 0.2) is 0 Å². The Bertz CT molecular complexity index is 1420. The molecule has 4 rings (SSSR count). The minimum Gasteiger partial charge on any atom is -0.352 e. The molecule has 3 aromatic carbocycles. The second kappa shape index (κ2) is 13.8. The molecule has 0 spiro atoms. The average molecular weight is 580 g/mol. The van der Waals surface area contributed by atoms with Crippen LogP contribution in [0.15, 0.2) is 78.9 Å². The van der Waals surface area contributed by atoms with Crippen molar-refractivity contribution in [2.75, 3.05) is 17.1 Å². The van der Waals surface area contributed by atoms with Gasteiger partial charge in [0.05, 0.1) is 11.9 Å². The monoisotopic (exact) mass is 579 g/mol. The lowest BCUT2D eigenvalue weighted by atomic mass is 9.94. The molecule has 1 N–H and O–H groups in total. The summed E-state index contributed by atoms with van der Waals surface area (Å²) in [6, 6.07) is 21.2. The number of halogens is 1. The number of amides is 2. The van der Waals surface area contributed by atoms with Crippen LogP contribution in [0.3, 0.4) is 0 Å². The first-order valence-electron chi connectivity index (χ1n) is 14.0. The van der Waals surface area contributed by atoms with E-state index in [-0.39, 0.29) is 30.6 Å². The summed E-state index contributed by atoms with van der Waals surface area (Å²) < 4.78 is 40.2. The Labute approximate surface area is 242 Å². The molecule has 0 aliphatic heterocycles. The highest BCUT2D eigenvalue weighted by atomic mass is 32.2. The molecule has 0 aromatic heterocycles. The van der Waals surface area contributed by atoms with Gasteiger partial charge in [-0.15, -0.1) is 0 Å². The first-order chi connectivity index (χ1) is 19.6. The first kappa shape index (κ1) is 30.2. The fourth-order valence-electron chi connectivity index (χ4n) is 5.29. The second-order valence-electron chi connectivity index (χ2n) is 10.7. The molecular weight excluding hydrogens is 541 g/mol. The molecular formula is C32H38FN3O4S. The third-order valence-corrected chi connectivity index (χ3v) is 8.76. The lowest BCUT2D eigenvalue weighted by Crippen LogP contribution is -2.55. The number of hydrogen-bond donors (Lipinski definition) is 1. The van der Waals surface area contributed by atoms with Crippen molar-refractivity contribution in [1.29, 1.82) is 0 Å². The number of sulfonamides is 1. The molecule has 7 nitrogen and oxygen atoms in total. The zero-order chi connectivity index (χ0) is 29.4. The summed E-state index contributed by atoms with van der Waals surface area (Å²) in [5.41, 5.74) is 2.87. The zero-order valence-electron chi connectivity index (χ0n) is 23.6. The molecule has 0 unspecified atom stereocenters. The quantitative estimate of drug-likeness (QED) is 0.347. The summed E-state index contributed by atoms with van der Waals surface area (Å²) in [7, 11) is -3.91. The molecule has 41 heavy (non-hydrogen) atoms. The van der Waals surface area contributed by atoms with E-state index in [2.05, 4.69) is 5.32 Å². The number of hydrogen-bond acceptors (Lipinski definition) is 4. The second-order valence-corrected chi connectivity index (χ2v) is 12.7. The van der Waals surface area contributed by atoms with E-state index in [1.807, 2.05) is 61.5 Å². The Morgan fingerprint density at radius 2 is 1.56 bits per heavy atom. The lowest BCUT2D eigenvalue weighted by Gasteiger charge is -2.35. The van der Waals surface area contributed by atoms with Gasteiger partial charge in [-0.2, -0.15) is 0 Å². The summed E-state index contributed by atoms with van der Waals surface area (Å²) in [5, 5.41) is 3.19.